The fourth-order valence-electron chi connectivity index (χ4n) is 1.08. The van der Waals surface area contributed by atoms with E-state index in [1.54, 1.807) is 0 Å². The molecule has 0 radical (unpaired) electrons. The molecule has 0 spiro atoms. The van der Waals surface area contributed by atoms with Crippen molar-refractivity contribution >= 4 is 22.9 Å². The Bertz CT molecular complexity index is 424. The lowest BCUT2D eigenvalue weighted by molar-refractivity contribution is 0.547. The summed E-state index contributed by atoms with van der Waals surface area (Å²) < 4.78 is 5.44. The molecule has 2 aromatic rings. The van der Waals surface area contributed by atoms with Crippen molar-refractivity contribution in [3.05, 3.63) is 22.9 Å². The van der Waals surface area contributed by atoms with E-state index in [4.69, 9.17) is 16.0 Å². The van der Waals surface area contributed by atoms with Gasteiger partial charge in [0.2, 0.25) is 0 Å². The van der Waals surface area contributed by atoms with Crippen molar-refractivity contribution in [2.24, 2.45) is 0 Å². The molecule has 0 saturated carbocycles. The second-order valence-corrected chi connectivity index (χ2v) is 4.29. The molecule has 0 aromatic carbocycles. The van der Waals surface area contributed by atoms with Gasteiger partial charge in [-0.1, -0.05) is 11.3 Å². The zero-order valence-electron chi connectivity index (χ0n) is 7.66. The monoisotopic (exact) mass is 228 g/mol. The largest absolute Gasteiger partial charge is 0.459 e. The van der Waals surface area contributed by atoms with Crippen LogP contribution < -0.4 is 0 Å². The minimum Gasteiger partial charge on any atom is -0.459 e. The summed E-state index contributed by atoms with van der Waals surface area (Å²) in [5, 5.41) is 9.82. The molecule has 74 valence electrons. The van der Waals surface area contributed by atoms with Crippen LogP contribution in [0.5, 0.6) is 0 Å². The Hall–Kier alpha value is -0.870. The van der Waals surface area contributed by atoms with E-state index in [1.807, 2.05) is 19.1 Å². The van der Waals surface area contributed by atoms with Crippen LogP contribution in [0.4, 0.5) is 0 Å². The SMILES string of the molecule is Cc1ccc(-c2nnc(CCCl)s2)o1. The van der Waals surface area contributed by atoms with E-state index in [1.165, 1.54) is 11.3 Å². The predicted molar refractivity (Wildman–Crippen MR) is 56.8 cm³/mol. The summed E-state index contributed by atoms with van der Waals surface area (Å²) in [4.78, 5) is 0. The molecule has 0 bridgehead atoms. The van der Waals surface area contributed by atoms with E-state index in [9.17, 15) is 0 Å². The molecule has 0 fully saturated rings. The van der Waals surface area contributed by atoms with E-state index in [2.05, 4.69) is 10.2 Å². The van der Waals surface area contributed by atoms with Gasteiger partial charge in [0.25, 0.3) is 0 Å². The summed E-state index contributed by atoms with van der Waals surface area (Å²) in [6, 6.07) is 3.82. The molecule has 0 atom stereocenters. The average molecular weight is 229 g/mol. The van der Waals surface area contributed by atoms with Crippen LogP contribution in [0.15, 0.2) is 16.5 Å². The Kier molecular flexibility index (Phi) is 2.84. The topological polar surface area (TPSA) is 38.9 Å². The van der Waals surface area contributed by atoms with Gasteiger partial charge in [0.1, 0.15) is 10.8 Å². The summed E-state index contributed by atoms with van der Waals surface area (Å²) in [5.74, 6) is 2.24. The Labute approximate surface area is 90.7 Å². The summed E-state index contributed by atoms with van der Waals surface area (Å²) >= 11 is 7.13. The van der Waals surface area contributed by atoms with E-state index in [-0.39, 0.29) is 0 Å². The Morgan fingerprint density at radius 2 is 2.29 bits per heavy atom. The number of aromatic nitrogens is 2. The molecule has 0 amide bonds. The molecule has 0 saturated heterocycles. The first kappa shape index (κ1) is 9.68. The molecule has 0 aliphatic rings. The number of rotatable bonds is 3. The van der Waals surface area contributed by atoms with Crippen LogP contribution in [0, 0.1) is 6.92 Å². The van der Waals surface area contributed by atoms with Crippen LogP contribution in [0.2, 0.25) is 0 Å². The lowest BCUT2D eigenvalue weighted by Gasteiger charge is -1.86. The van der Waals surface area contributed by atoms with Crippen LogP contribution in [0.3, 0.4) is 0 Å². The van der Waals surface area contributed by atoms with Crippen LogP contribution in [0.1, 0.15) is 10.8 Å². The van der Waals surface area contributed by atoms with Gasteiger partial charge < -0.3 is 4.42 Å². The van der Waals surface area contributed by atoms with Gasteiger partial charge in [0.15, 0.2) is 10.8 Å². The van der Waals surface area contributed by atoms with Gasteiger partial charge >= 0.3 is 0 Å². The van der Waals surface area contributed by atoms with Crippen LogP contribution in [0.25, 0.3) is 10.8 Å². The predicted octanol–water partition coefficient (Wildman–Crippen LogP) is 2.89. The normalized spacial score (nSPS) is 10.7. The third-order valence-electron chi connectivity index (χ3n) is 1.73. The first-order valence-electron chi connectivity index (χ1n) is 4.25. The van der Waals surface area contributed by atoms with Gasteiger partial charge in [-0.05, 0) is 19.1 Å². The van der Waals surface area contributed by atoms with E-state index < -0.39 is 0 Å². The number of nitrogens with zero attached hydrogens (tertiary/aromatic N) is 2. The van der Waals surface area contributed by atoms with Crippen molar-refractivity contribution in [1.29, 1.82) is 0 Å². The molecule has 5 heteroatoms. The lowest BCUT2D eigenvalue weighted by Crippen LogP contribution is -1.82. The second-order valence-electron chi connectivity index (χ2n) is 2.85. The molecule has 3 nitrogen and oxygen atoms in total. The first-order chi connectivity index (χ1) is 6.79. The Morgan fingerprint density at radius 1 is 1.43 bits per heavy atom. The van der Waals surface area contributed by atoms with Gasteiger partial charge in [-0.2, -0.15) is 0 Å². The molecule has 14 heavy (non-hydrogen) atoms. The van der Waals surface area contributed by atoms with Crippen molar-refractivity contribution in [3.63, 3.8) is 0 Å². The Balaban J connectivity index is 2.24. The quantitative estimate of drug-likeness (QED) is 0.759. The fraction of sp³-hybridized carbons (Fsp3) is 0.333. The first-order valence-corrected chi connectivity index (χ1v) is 5.60. The third-order valence-corrected chi connectivity index (χ3v) is 2.91. The standard InChI is InChI=1S/C9H9ClN2OS/c1-6-2-3-7(13-6)9-12-11-8(14-9)4-5-10/h2-3H,4-5H2,1H3. The maximum atomic E-state index is 5.61. The van der Waals surface area contributed by atoms with Gasteiger partial charge in [0.05, 0.1) is 0 Å². The second kappa shape index (κ2) is 4.11. The molecule has 0 aliphatic heterocycles. The van der Waals surface area contributed by atoms with Crippen molar-refractivity contribution in [2.45, 2.75) is 13.3 Å². The molecular weight excluding hydrogens is 220 g/mol. The molecule has 2 rings (SSSR count). The highest BCUT2D eigenvalue weighted by Gasteiger charge is 2.09. The van der Waals surface area contributed by atoms with E-state index in [0.29, 0.717) is 5.88 Å². The van der Waals surface area contributed by atoms with Crippen molar-refractivity contribution < 1.29 is 4.42 Å². The van der Waals surface area contributed by atoms with Crippen molar-refractivity contribution in [3.8, 4) is 10.8 Å². The summed E-state index contributed by atoms with van der Waals surface area (Å²) in [5.41, 5.74) is 0. The summed E-state index contributed by atoms with van der Waals surface area (Å²) in [7, 11) is 0. The van der Waals surface area contributed by atoms with Crippen molar-refractivity contribution in [2.75, 3.05) is 5.88 Å². The van der Waals surface area contributed by atoms with Gasteiger partial charge in [-0.15, -0.1) is 21.8 Å². The summed E-state index contributed by atoms with van der Waals surface area (Å²) in [6.45, 7) is 1.91. The van der Waals surface area contributed by atoms with Gasteiger partial charge in [-0.25, -0.2) is 0 Å². The van der Waals surface area contributed by atoms with Crippen LogP contribution in [-0.2, 0) is 6.42 Å². The van der Waals surface area contributed by atoms with Crippen LogP contribution in [-0.4, -0.2) is 16.1 Å². The molecule has 2 heterocycles. The smallest absolute Gasteiger partial charge is 0.183 e. The summed E-state index contributed by atoms with van der Waals surface area (Å²) in [6.07, 6.45) is 0.763. The highest BCUT2D eigenvalue weighted by atomic mass is 35.5. The number of furan rings is 1. The molecule has 2 aromatic heterocycles. The van der Waals surface area contributed by atoms with Gasteiger partial charge in [-0.3, -0.25) is 0 Å². The van der Waals surface area contributed by atoms with Gasteiger partial charge in [0, 0.05) is 12.3 Å². The molecule has 0 aliphatic carbocycles. The minimum absolute atomic E-state index is 0.575. The minimum atomic E-state index is 0.575. The van der Waals surface area contributed by atoms with E-state index in [0.717, 1.165) is 28.0 Å². The maximum Gasteiger partial charge on any atom is 0.183 e. The number of hydrogen-bond acceptors (Lipinski definition) is 4. The highest BCUT2D eigenvalue weighted by Crippen LogP contribution is 2.25. The van der Waals surface area contributed by atoms with E-state index >= 15 is 0 Å². The maximum absolute atomic E-state index is 5.61. The highest BCUT2D eigenvalue weighted by molar-refractivity contribution is 7.14. The van der Waals surface area contributed by atoms with Crippen molar-refractivity contribution in [1.82, 2.24) is 10.2 Å². The number of halogens is 1. The average Bonchev–Trinajstić information content (AvgIpc) is 2.74. The zero-order valence-corrected chi connectivity index (χ0v) is 9.23. The van der Waals surface area contributed by atoms with Crippen LogP contribution >= 0.6 is 22.9 Å². The molecule has 0 N–H and O–H groups in total. The molecular formula is C9H9ClN2OS. The Morgan fingerprint density at radius 3 is 2.93 bits per heavy atom. The lowest BCUT2D eigenvalue weighted by atomic mass is 10.4. The number of hydrogen-bond donors (Lipinski definition) is 0. The fourth-order valence-corrected chi connectivity index (χ4v) is 2.18. The third kappa shape index (κ3) is 1.96. The molecule has 0 unspecified atom stereocenters. The number of aryl methyl sites for hydroxylation is 2. The zero-order chi connectivity index (χ0) is 9.97. The number of alkyl halides is 1.